The van der Waals surface area contributed by atoms with E-state index in [2.05, 4.69) is 209 Å². The first-order chi connectivity index (χ1) is 34.4. The molecule has 362 valence electrons. The van der Waals surface area contributed by atoms with Crippen molar-refractivity contribution in [3.8, 4) is 22.3 Å². The summed E-state index contributed by atoms with van der Waals surface area (Å²) in [5.41, 5.74) is 12.0. The number of carbonyl (C=O) groups is 2. The topological polar surface area (TPSA) is 47.1 Å². The second-order valence-corrected chi connectivity index (χ2v) is 22.3. The molecular formula is C66H66N4O2. The number of nitrogens with zero attached hydrogens (tertiary/aromatic N) is 4. The van der Waals surface area contributed by atoms with Crippen LogP contribution in [-0.4, -0.2) is 40.0 Å². The molecule has 0 aliphatic carbocycles. The minimum atomic E-state index is -1.61. The fourth-order valence-electron chi connectivity index (χ4n) is 11.3. The molecule has 2 aliphatic heterocycles. The maximum absolute atomic E-state index is 17.2. The molecule has 2 unspecified atom stereocenters. The average molecular weight is 947 g/mol. The Labute approximate surface area is 427 Å². The summed E-state index contributed by atoms with van der Waals surface area (Å²) in [6, 6.07) is 67.7. The highest BCUT2D eigenvalue weighted by molar-refractivity contribution is 6.22. The lowest BCUT2D eigenvalue weighted by Crippen LogP contribution is -2.61. The lowest BCUT2D eigenvalue weighted by Gasteiger charge is -2.45. The fourth-order valence-corrected chi connectivity index (χ4v) is 11.3. The second-order valence-electron chi connectivity index (χ2n) is 22.3. The fraction of sp³-hybridized carbons (Fsp3) is 0.242. The predicted octanol–water partition coefficient (Wildman–Crippen LogP) is 14.1. The summed E-state index contributed by atoms with van der Waals surface area (Å²) in [4.78, 5) is 42.5. The van der Waals surface area contributed by atoms with Gasteiger partial charge >= 0.3 is 0 Å². The zero-order chi connectivity index (χ0) is 50.7. The Morgan fingerprint density at radius 1 is 0.389 bits per heavy atom. The molecule has 72 heavy (non-hydrogen) atoms. The van der Waals surface area contributed by atoms with Crippen LogP contribution in [0.5, 0.6) is 0 Å². The van der Waals surface area contributed by atoms with Gasteiger partial charge in [0.25, 0.3) is 0 Å². The van der Waals surface area contributed by atoms with Gasteiger partial charge in [-0.3, -0.25) is 9.59 Å². The molecule has 8 aromatic rings. The molecule has 0 spiro atoms. The first-order valence-electron chi connectivity index (χ1n) is 25.2. The Morgan fingerprint density at radius 2 is 0.708 bits per heavy atom. The Kier molecular flexibility index (Phi) is 12.1. The van der Waals surface area contributed by atoms with Gasteiger partial charge in [-0.1, -0.05) is 199 Å². The summed E-state index contributed by atoms with van der Waals surface area (Å²) in [7, 11) is 8.10. The number of hydrogen-bond acceptors (Lipinski definition) is 4. The second kappa shape index (κ2) is 18.2. The molecule has 2 atom stereocenters. The molecule has 0 aromatic heterocycles. The molecule has 0 saturated heterocycles. The Balaban J connectivity index is 1.32. The largest absolute Gasteiger partial charge is 0.378 e. The van der Waals surface area contributed by atoms with E-state index in [4.69, 9.17) is 0 Å². The summed E-state index contributed by atoms with van der Waals surface area (Å²) in [6.45, 7) is 14.0. The van der Waals surface area contributed by atoms with Gasteiger partial charge in [0.15, 0.2) is 0 Å². The van der Waals surface area contributed by atoms with Gasteiger partial charge in [-0.25, -0.2) is 0 Å². The molecule has 0 radical (unpaired) electrons. The van der Waals surface area contributed by atoms with Crippen LogP contribution in [0.4, 0.5) is 22.7 Å². The standard InChI is InChI=1S/C66H66N4O2/c1-63(2,3)51-27-21-47(22-28-51)49-25-39-57-59(41-49)69(43-45-17-13-11-14-18-45)61(71)65(57,53-31-35-55(36-32-53)67(7)8)66(54-33-37-56(38-34-54)68(9)10)58-40-26-50(48-23-29-52(30-24-48)64(4,5)6)42-60(58)70(62(66)72)44-46-19-15-12-16-20-46/h11-42H,43-44H2,1-10H3. The van der Waals surface area contributed by atoms with E-state index >= 15 is 9.59 Å². The SMILES string of the molecule is CN(C)c1ccc(C2(C3(c4ccc(N(C)C)cc4)C(=O)N(Cc4ccccc4)c4cc(-c5ccc(C(C)(C)C)cc5)ccc43)C(=O)N(Cc3ccccc3)c3cc(-c4ccc(C(C)(C)C)cc4)ccc32)cc1. The quantitative estimate of drug-likeness (QED) is 0.130. The molecule has 2 aliphatic rings. The average Bonchev–Trinajstić information content (AvgIpc) is 3.77. The third-order valence-electron chi connectivity index (χ3n) is 15.2. The van der Waals surface area contributed by atoms with Gasteiger partial charge in [0.05, 0.1) is 13.1 Å². The molecule has 0 fully saturated rings. The van der Waals surface area contributed by atoms with Crippen molar-refractivity contribution in [3.05, 3.63) is 239 Å². The summed E-state index contributed by atoms with van der Waals surface area (Å²) in [6.07, 6.45) is 0. The third kappa shape index (κ3) is 7.98. The number of fused-ring (bicyclic) bond motifs is 2. The van der Waals surface area contributed by atoms with Crippen LogP contribution in [-0.2, 0) is 44.3 Å². The molecule has 2 heterocycles. The molecule has 0 bridgehead atoms. The van der Waals surface area contributed by atoms with Crippen LogP contribution in [0, 0.1) is 0 Å². The van der Waals surface area contributed by atoms with Gasteiger partial charge < -0.3 is 19.6 Å². The van der Waals surface area contributed by atoms with Gasteiger partial charge in [0.1, 0.15) is 10.8 Å². The van der Waals surface area contributed by atoms with Crippen molar-refractivity contribution in [2.75, 3.05) is 47.8 Å². The molecule has 2 amide bonds. The van der Waals surface area contributed by atoms with Crippen molar-refractivity contribution >= 4 is 34.6 Å². The van der Waals surface area contributed by atoms with Gasteiger partial charge in [0, 0.05) is 50.9 Å². The maximum atomic E-state index is 17.2. The summed E-state index contributed by atoms with van der Waals surface area (Å²) in [5.74, 6) is -0.308. The highest BCUT2D eigenvalue weighted by Crippen LogP contribution is 2.65. The number of hydrogen-bond donors (Lipinski definition) is 0. The van der Waals surface area contributed by atoms with E-state index < -0.39 is 10.8 Å². The summed E-state index contributed by atoms with van der Waals surface area (Å²) in [5, 5.41) is 0. The van der Waals surface area contributed by atoms with Crippen molar-refractivity contribution in [1.82, 2.24) is 0 Å². The van der Waals surface area contributed by atoms with Crippen LogP contribution in [0.2, 0.25) is 0 Å². The van der Waals surface area contributed by atoms with Crippen molar-refractivity contribution in [2.24, 2.45) is 0 Å². The number of amides is 2. The van der Waals surface area contributed by atoms with Crippen LogP contribution in [0.15, 0.2) is 194 Å². The van der Waals surface area contributed by atoms with E-state index in [1.807, 2.05) is 74.4 Å². The van der Waals surface area contributed by atoms with E-state index in [1.54, 1.807) is 0 Å². The molecular weight excluding hydrogens is 881 g/mol. The van der Waals surface area contributed by atoms with Gasteiger partial charge in [-0.15, -0.1) is 0 Å². The Morgan fingerprint density at radius 3 is 1.01 bits per heavy atom. The smallest absolute Gasteiger partial charge is 0.244 e. The lowest BCUT2D eigenvalue weighted by atomic mass is 9.52. The molecule has 6 nitrogen and oxygen atoms in total. The zero-order valence-corrected chi connectivity index (χ0v) is 43.5. The molecule has 0 N–H and O–H groups in total. The van der Waals surface area contributed by atoms with Crippen LogP contribution in [0.25, 0.3) is 22.3 Å². The highest BCUT2D eigenvalue weighted by Gasteiger charge is 2.72. The first-order valence-corrected chi connectivity index (χ1v) is 25.2. The van der Waals surface area contributed by atoms with Gasteiger partial charge in [-0.05, 0) is 114 Å². The normalized spacial score (nSPS) is 17.5. The summed E-state index contributed by atoms with van der Waals surface area (Å²) >= 11 is 0. The van der Waals surface area contributed by atoms with Crippen molar-refractivity contribution < 1.29 is 9.59 Å². The van der Waals surface area contributed by atoms with Crippen LogP contribution in [0.3, 0.4) is 0 Å². The first kappa shape index (κ1) is 48.0. The maximum Gasteiger partial charge on any atom is 0.244 e. The van der Waals surface area contributed by atoms with Crippen LogP contribution >= 0.6 is 0 Å². The lowest BCUT2D eigenvalue weighted by molar-refractivity contribution is -0.131. The number of carbonyl (C=O) groups excluding carboxylic acids is 2. The van der Waals surface area contributed by atoms with Gasteiger partial charge in [-0.2, -0.15) is 0 Å². The van der Waals surface area contributed by atoms with Gasteiger partial charge in [0.2, 0.25) is 11.8 Å². The number of benzene rings is 8. The Hall–Kier alpha value is -7.70. The van der Waals surface area contributed by atoms with Crippen molar-refractivity contribution in [1.29, 1.82) is 0 Å². The van der Waals surface area contributed by atoms with E-state index in [-0.39, 0.29) is 22.6 Å². The summed E-state index contributed by atoms with van der Waals surface area (Å²) < 4.78 is 0. The predicted molar refractivity (Wildman–Crippen MR) is 300 cm³/mol. The van der Waals surface area contributed by atoms with Crippen molar-refractivity contribution in [3.63, 3.8) is 0 Å². The molecule has 10 rings (SSSR count). The minimum absolute atomic E-state index is 0.00762. The molecule has 8 aromatic carbocycles. The highest BCUT2D eigenvalue weighted by atomic mass is 16.2. The molecule has 0 saturated carbocycles. The van der Waals surface area contributed by atoms with Crippen LogP contribution in [0.1, 0.15) is 86.1 Å². The Bertz CT molecular complexity index is 3050. The van der Waals surface area contributed by atoms with Crippen molar-refractivity contribution in [2.45, 2.75) is 76.3 Å². The van der Waals surface area contributed by atoms with E-state index in [0.717, 1.165) is 78.4 Å². The van der Waals surface area contributed by atoms with E-state index in [1.165, 1.54) is 11.1 Å². The van der Waals surface area contributed by atoms with E-state index in [9.17, 15) is 0 Å². The number of anilines is 4. The monoisotopic (exact) mass is 947 g/mol. The molecule has 6 heteroatoms. The number of rotatable bonds is 11. The van der Waals surface area contributed by atoms with Crippen LogP contribution < -0.4 is 19.6 Å². The zero-order valence-electron chi connectivity index (χ0n) is 43.5. The minimum Gasteiger partial charge on any atom is -0.378 e. The van der Waals surface area contributed by atoms with E-state index in [0.29, 0.717) is 13.1 Å². The third-order valence-corrected chi connectivity index (χ3v) is 15.2.